The number of benzene rings is 3. The number of thioether (sulfide) groups is 1. The third-order valence-electron chi connectivity index (χ3n) is 5.33. The van der Waals surface area contributed by atoms with Crippen LogP contribution in [0, 0.1) is 7.14 Å². The van der Waals surface area contributed by atoms with Crippen molar-refractivity contribution in [3.8, 4) is 11.5 Å². The molecule has 3 aromatic rings. The van der Waals surface area contributed by atoms with Crippen LogP contribution < -0.4 is 14.8 Å². The minimum Gasteiger partial charge on any atom is -0.494 e. The fourth-order valence-electron chi connectivity index (χ4n) is 3.52. The smallest absolute Gasteiger partial charge is 0.294 e. The van der Waals surface area contributed by atoms with Crippen LogP contribution in [0.2, 0.25) is 10.0 Å². The molecule has 1 saturated heterocycles. The Bertz CT molecular complexity index is 1440. The standard InChI is InChI=1S/C27H20Cl2I2N2O5S/c1-2-37-19-7-5-18(6-8-19)32-24(34)13-33-26(35)23(39-27(33)36)11-15-9-21(30)25(22(31)10-15)38-14-16-3-4-17(28)12-20(16)29/h3-12H,2,13-14H2,1H3,(H,32,34)/b23-11+. The molecule has 202 valence electrons. The number of hydrogen-bond acceptors (Lipinski definition) is 6. The maximum absolute atomic E-state index is 12.9. The molecule has 0 bridgehead atoms. The van der Waals surface area contributed by atoms with Crippen LogP contribution in [0.1, 0.15) is 18.1 Å². The highest BCUT2D eigenvalue weighted by molar-refractivity contribution is 14.1. The van der Waals surface area contributed by atoms with E-state index in [1.165, 1.54) is 0 Å². The van der Waals surface area contributed by atoms with E-state index in [2.05, 4.69) is 50.5 Å². The molecule has 3 amide bonds. The molecule has 1 N–H and O–H groups in total. The van der Waals surface area contributed by atoms with Crippen molar-refractivity contribution in [3.63, 3.8) is 0 Å². The van der Waals surface area contributed by atoms with Gasteiger partial charge in [-0.25, -0.2) is 0 Å². The molecule has 7 nitrogen and oxygen atoms in total. The fourth-order valence-corrected chi connectivity index (χ4v) is 6.95. The molecule has 3 aromatic carbocycles. The van der Waals surface area contributed by atoms with E-state index >= 15 is 0 Å². The number of rotatable bonds is 9. The average Bonchev–Trinajstić information content (AvgIpc) is 3.13. The maximum atomic E-state index is 12.9. The highest BCUT2D eigenvalue weighted by Crippen LogP contribution is 2.35. The second kappa shape index (κ2) is 13.6. The summed E-state index contributed by atoms with van der Waals surface area (Å²) in [5.74, 6) is 0.364. The lowest BCUT2D eigenvalue weighted by molar-refractivity contribution is -0.127. The zero-order chi connectivity index (χ0) is 28.1. The first-order chi connectivity index (χ1) is 18.6. The monoisotopic (exact) mass is 808 g/mol. The van der Waals surface area contributed by atoms with E-state index in [9.17, 15) is 14.4 Å². The summed E-state index contributed by atoms with van der Waals surface area (Å²) in [6, 6.07) is 15.8. The lowest BCUT2D eigenvalue weighted by atomic mass is 10.2. The number of halogens is 4. The second-order valence-electron chi connectivity index (χ2n) is 8.11. The van der Waals surface area contributed by atoms with Crippen molar-refractivity contribution in [2.45, 2.75) is 13.5 Å². The van der Waals surface area contributed by atoms with Crippen LogP contribution in [0.15, 0.2) is 59.5 Å². The van der Waals surface area contributed by atoms with Crippen molar-refractivity contribution in [1.29, 1.82) is 0 Å². The first-order valence-corrected chi connectivity index (χ1v) is 15.2. The molecule has 1 aliphatic rings. The van der Waals surface area contributed by atoms with Crippen LogP contribution in [-0.2, 0) is 16.2 Å². The lowest BCUT2D eigenvalue weighted by Gasteiger charge is -2.13. The summed E-state index contributed by atoms with van der Waals surface area (Å²) in [4.78, 5) is 39.2. The van der Waals surface area contributed by atoms with Gasteiger partial charge in [-0.1, -0.05) is 29.3 Å². The number of anilines is 1. The first kappa shape index (κ1) is 30.0. The molecule has 39 heavy (non-hydrogen) atoms. The molecule has 0 aromatic heterocycles. The Labute approximate surface area is 266 Å². The Kier molecular flexibility index (Phi) is 10.4. The van der Waals surface area contributed by atoms with Crippen LogP contribution in [0.4, 0.5) is 10.5 Å². The Morgan fingerprint density at radius 3 is 2.36 bits per heavy atom. The molecule has 0 radical (unpaired) electrons. The van der Waals surface area contributed by atoms with Gasteiger partial charge in [0.1, 0.15) is 24.7 Å². The summed E-state index contributed by atoms with van der Waals surface area (Å²) in [6.07, 6.45) is 1.64. The van der Waals surface area contributed by atoms with Gasteiger partial charge < -0.3 is 14.8 Å². The number of carbonyl (C=O) groups excluding carboxylic acids is 3. The number of nitrogens with one attached hydrogen (secondary N) is 1. The summed E-state index contributed by atoms with van der Waals surface area (Å²) in [7, 11) is 0. The van der Waals surface area contributed by atoms with E-state index < -0.39 is 17.1 Å². The zero-order valence-electron chi connectivity index (χ0n) is 20.3. The van der Waals surface area contributed by atoms with Gasteiger partial charge in [-0.2, -0.15) is 0 Å². The summed E-state index contributed by atoms with van der Waals surface area (Å²) in [5.41, 5.74) is 2.07. The topological polar surface area (TPSA) is 84.9 Å². The molecular weight excluding hydrogens is 789 g/mol. The van der Waals surface area contributed by atoms with Crippen molar-refractivity contribution in [2.24, 2.45) is 0 Å². The Hall–Kier alpha value is -2.00. The molecule has 1 fully saturated rings. The van der Waals surface area contributed by atoms with Crippen LogP contribution in [0.3, 0.4) is 0 Å². The first-order valence-electron chi connectivity index (χ1n) is 11.5. The SMILES string of the molecule is CCOc1ccc(NC(=O)CN2C(=O)S/C(=C/c3cc(I)c(OCc4ccc(Cl)cc4Cl)c(I)c3)C2=O)cc1. The van der Waals surface area contributed by atoms with E-state index in [-0.39, 0.29) is 18.1 Å². The molecule has 0 aliphatic carbocycles. The average molecular weight is 809 g/mol. The largest absolute Gasteiger partial charge is 0.494 e. The van der Waals surface area contributed by atoms with E-state index in [0.29, 0.717) is 33.8 Å². The van der Waals surface area contributed by atoms with Gasteiger partial charge in [-0.05, 0) is 124 Å². The van der Waals surface area contributed by atoms with Gasteiger partial charge in [0.05, 0.1) is 18.7 Å². The third kappa shape index (κ3) is 7.81. The number of carbonyl (C=O) groups is 3. The lowest BCUT2D eigenvalue weighted by Crippen LogP contribution is -2.36. The molecule has 4 rings (SSSR count). The third-order valence-corrected chi connectivity index (χ3v) is 8.43. The zero-order valence-corrected chi connectivity index (χ0v) is 26.9. The molecule has 0 saturated carbocycles. The molecule has 0 atom stereocenters. The summed E-state index contributed by atoms with van der Waals surface area (Å²) in [6.45, 7) is 2.30. The van der Waals surface area contributed by atoms with Gasteiger partial charge in [0.15, 0.2) is 0 Å². The van der Waals surface area contributed by atoms with E-state index in [1.807, 2.05) is 25.1 Å². The molecule has 0 unspecified atom stereocenters. The Balaban J connectivity index is 1.41. The van der Waals surface area contributed by atoms with E-state index in [1.54, 1.807) is 42.5 Å². The number of hydrogen-bond donors (Lipinski definition) is 1. The van der Waals surface area contributed by atoms with Crippen LogP contribution >= 0.6 is 80.1 Å². The van der Waals surface area contributed by atoms with Gasteiger partial charge in [0.25, 0.3) is 11.1 Å². The van der Waals surface area contributed by atoms with Crippen molar-refractivity contribution >= 4 is 109 Å². The normalized spacial score (nSPS) is 14.2. The van der Waals surface area contributed by atoms with Crippen LogP contribution in [0.25, 0.3) is 6.08 Å². The van der Waals surface area contributed by atoms with E-state index in [4.69, 9.17) is 32.7 Å². The molecule has 12 heteroatoms. The van der Waals surface area contributed by atoms with Crippen molar-refractivity contribution < 1.29 is 23.9 Å². The summed E-state index contributed by atoms with van der Waals surface area (Å²) >= 11 is 17.3. The molecular formula is C27H20Cl2I2N2O5S. The number of nitrogens with zero attached hydrogens (tertiary/aromatic N) is 1. The van der Waals surface area contributed by atoms with Crippen molar-refractivity contribution in [1.82, 2.24) is 4.90 Å². The Morgan fingerprint density at radius 2 is 1.72 bits per heavy atom. The Morgan fingerprint density at radius 1 is 1.03 bits per heavy atom. The summed E-state index contributed by atoms with van der Waals surface area (Å²) in [5, 5.41) is 3.26. The minimum atomic E-state index is -0.519. The summed E-state index contributed by atoms with van der Waals surface area (Å²) < 4.78 is 13.0. The van der Waals surface area contributed by atoms with E-state index in [0.717, 1.165) is 34.9 Å². The van der Waals surface area contributed by atoms with Gasteiger partial charge in [0.2, 0.25) is 5.91 Å². The highest BCUT2D eigenvalue weighted by atomic mass is 127. The van der Waals surface area contributed by atoms with Gasteiger partial charge in [0, 0.05) is 21.3 Å². The number of amides is 3. The van der Waals surface area contributed by atoms with Crippen molar-refractivity contribution in [3.05, 3.63) is 87.8 Å². The van der Waals surface area contributed by atoms with Gasteiger partial charge in [-0.3, -0.25) is 19.3 Å². The predicted octanol–water partition coefficient (Wildman–Crippen LogP) is 7.86. The number of imide groups is 1. The predicted molar refractivity (Wildman–Crippen MR) is 172 cm³/mol. The minimum absolute atomic E-state index is 0.238. The van der Waals surface area contributed by atoms with Gasteiger partial charge >= 0.3 is 0 Å². The quantitative estimate of drug-likeness (QED) is 0.175. The molecule has 1 heterocycles. The fraction of sp³-hybridized carbons (Fsp3) is 0.148. The maximum Gasteiger partial charge on any atom is 0.294 e. The van der Waals surface area contributed by atoms with Gasteiger partial charge in [-0.15, -0.1) is 0 Å². The number of ether oxygens (including phenoxy) is 2. The van der Waals surface area contributed by atoms with Crippen LogP contribution in [0.5, 0.6) is 11.5 Å². The highest BCUT2D eigenvalue weighted by Gasteiger charge is 2.36. The van der Waals surface area contributed by atoms with Crippen LogP contribution in [-0.4, -0.2) is 35.1 Å². The second-order valence-corrected chi connectivity index (χ2v) is 12.3. The molecule has 0 spiro atoms. The molecule has 1 aliphatic heterocycles. The van der Waals surface area contributed by atoms with Crippen molar-refractivity contribution in [2.75, 3.05) is 18.5 Å².